The number of hydrogen-bond acceptors (Lipinski definition) is 4. The molecule has 2 bridgehead atoms. The summed E-state index contributed by atoms with van der Waals surface area (Å²) in [6, 6.07) is 2.40. The molecule has 0 unspecified atom stereocenters. The van der Waals surface area contributed by atoms with E-state index in [1.807, 2.05) is 0 Å². The minimum Gasteiger partial charge on any atom is -0.222 e. The molecule has 0 saturated carbocycles. The predicted octanol–water partition coefficient (Wildman–Crippen LogP) is 0.251. The molecule has 0 fully saturated rings. The molecule has 2 rings (SSSR count). The molecule has 0 aliphatic heterocycles. The SMILES string of the molecule is Cc1[o+]c(C)c2cc1CCCCCCCCC2.[O-][Cl+3]([O-])([O-])[O-]. The molecule has 0 atom stereocenters. The summed E-state index contributed by atoms with van der Waals surface area (Å²) in [7, 11) is -4.94. The largest absolute Gasteiger partial charge is 0.329 e. The van der Waals surface area contributed by atoms with E-state index < -0.39 is 10.2 Å². The third-order valence-corrected chi connectivity index (χ3v) is 3.95. The first-order valence-corrected chi connectivity index (χ1v) is 9.04. The summed E-state index contributed by atoms with van der Waals surface area (Å²) in [6.07, 6.45) is 12.0. The van der Waals surface area contributed by atoms with Crippen LogP contribution in [0, 0.1) is 24.1 Å². The fraction of sp³-hybridized carbons (Fsp3) is 0.688. The summed E-state index contributed by atoms with van der Waals surface area (Å²) in [5, 5.41) is 0. The minimum atomic E-state index is -4.94. The van der Waals surface area contributed by atoms with Gasteiger partial charge < -0.3 is 0 Å². The predicted molar refractivity (Wildman–Crippen MR) is 72.3 cm³/mol. The van der Waals surface area contributed by atoms with Crippen molar-refractivity contribution in [3.63, 3.8) is 0 Å². The van der Waals surface area contributed by atoms with Gasteiger partial charge in [0.2, 0.25) is 0 Å². The van der Waals surface area contributed by atoms with Crippen molar-refractivity contribution < 1.29 is 33.3 Å². The number of halogens is 1. The number of fused-ring (bicyclic) bond motifs is 2. The van der Waals surface area contributed by atoms with E-state index in [4.69, 9.17) is 23.1 Å². The lowest BCUT2D eigenvalue weighted by Gasteiger charge is -2.17. The van der Waals surface area contributed by atoms with E-state index in [0.717, 1.165) is 11.5 Å². The van der Waals surface area contributed by atoms with Crippen molar-refractivity contribution in [2.45, 2.75) is 71.6 Å². The highest BCUT2D eigenvalue weighted by molar-refractivity contribution is 5.26. The second kappa shape index (κ2) is 9.43. The van der Waals surface area contributed by atoms with Crippen molar-refractivity contribution in [3.05, 3.63) is 28.7 Å². The Morgan fingerprint density at radius 2 is 1.05 bits per heavy atom. The standard InChI is InChI=1S/C16H25O.ClHO4/c1-13-15-10-8-6-4-3-5-7-9-11-16(12-15)14(2)17-13;2-1(3,4)5/h12H,3-11H2,1-2H3;(H,2,3,4,5)/q+1;/p-1. The minimum absolute atomic E-state index is 1.13. The molecule has 0 saturated heterocycles. The van der Waals surface area contributed by atoms with Crippen LogP contribution in [0.2, 0.25) is 0 Å². The van der Waals surface area contributed by atoms with Crippen LogP contribution in [-0.4, -0.2) is 0 Å². The van der Waals surface area contributed by atoms with Crippen LogP contribution >= 0.6 is 0 Å². The quantitative estimate of drug-likeness (QED) is 0.633. The fourth-order valence-corrected chi connectivity index (χ4v) is 2.79. The maximum atomic E-state index is 8.49. The van der Waals surface area contributed by atoms with Gasteiger partial charge in [0.25, 0.3) is 0 Å². The van der Waals surface area contributed by atoms with Crippen molar-refractivity contribution in [3.8, 4) is 0 Å². The zero-order valence-electron chi connectivity index (χ0n) is 13.4. The average molecular weight is 333 g/mol. The summed E-state index contributed by atoms with van der Waals surface area (Å²) < 4.78 is 39.9. The Morgan fingerprint density at radius 3 is 1.41 bits per heavy atom. The van der Waals surface area contributed by atoms with Gasteiger partial charge in [-0.05, 0) is 31.7 Å². The summed E-state index contributed by atoms with van der Waals surface area (Å²) in [5.41, 5.74) is 2.87. The number of aryl methyl sites for hydroxylation is 4. The van der Waals surface area contributed by atoms with Crippen LogP contribution < -0.4 is 18.6 Å². The van der Waals surface area contributed by atoms with Gasteiger partial charge >= 0.3 is 11.5 Å². The lowest BCUT2D eigenvalue weighted by Crippen LogP contribution is -2.68. The van der Waals surface area contributed by atoms with Gasteiger partial charge in [-0.2, -0.15) is 0 Å². The zero-order valence-corrected chi connectivity index (χ0v) is 14.1. The Kier molecular flexibility index (Phi) is 8.28. The molecule has 1 aromatic heterocycles. The molecule has 126 valence electrons. The fourth-order valence-electron chi connectivity index (χ4n) is 2.79. The van der Waals surface area contributed by atoms with Gasteiger partial charge in [-0.15, -0.1) is 10.2 Å². The maximum absolute atomic E-state index is 8.49. The van der Waals surface area contributed by atoms with Gasteiger partial charge in [-0.25, -0.2) is 23.1 Å². The van der Waals surface area contributed by atoms with Crippen LogP contribution in [0.3, 0.4) is 0 Å². The Balaban J connectivity index is 0.000000422. The maximum Gasteiger partial charge on any atom is 0.329 e. The molecule has 6 heteroatoms. The Hall–Kier alpha value is -0.720. The van der Waals surface area contributed by atoms with E-state index in [2.05, 4.69) is 19.9 Å². The molecular formula is C16H25ClO5. The van der Waals surface area contributed by atoms with Crippen LogP contribution in [0.15, 0.2) is 10.5 Å². The van der Waals surface area contributed by atoms with E-state index in [-0.39, 0.29) is 0 Å². The van der Waals surface area contributed by atoms with Gasteiger partial charge in [-0.1, -0.05) is 32.1 Å². The Labute approximate surface area is 134 Å². The highest BCUT2D eigenvalue weighted by atomic mass is 35.7. The van der Waals surface area contributed by atoms with E-state index in [1.165, 1.54) is 68.9 Å². The summed E-state index contributed by atoms with van der Waals surface area (Å²) in [4.78, 5) is 0. The number of rotatable bonds is 0. The molecule has 0 N–H and O–H groups in total. The highest BCUT2D eigenvalue weighted by Crippen LogP contribution is 2.22. The molecule has 1 aliphatic rings. The lowest BCUT2D eigenvalue weighted by molar-refractivity contribution is -2.00. The van der Waals surface area contributed by atoms with Crippen molar-refractivity contribution in [1.82, 2.24) is 0 Å². The third kappa shape index (κ3) is 8.66. The van der Waals surface area contributed by atoms with E-state index in [9.17, 15) is 0 Å². The first-order valence-electron chi connectivity index (χ1n) is 7.81. The zero-order chi connectivity index (χ0) is 16.6. The van der Waals surface area contributed by atoms with Crippen LogP contribution in [0.4, 0.5) is 0 Å². The first-order chi connectivity index (χ1) is 10.3. The summed E-state index contributed by atoms with van der Waals surface area (Å²) in [5.74, 6) is 2.26. The van der Waals surface area contributed by atoms with Crippen LogP contribution in [0.25, 0.3) is 0 Å². The molecule has 0 radical (unpaired) electrons. The smallest absolute Gasteiger partial charge is 0.222 e. The molecule has 0 spiro atoms. The molecule has 1 heterocycles. The molecule has 1 aliphatic carbocycles. The van der Waals surface area contributed by atoms with Gasteiger partial charge in [0, 0.05) is 0 Å². The average Bonchev–Trinajstić information content (AvgIpc) is 2.36. The van der Waals surface area contributed by atoms with Crippen LogP contribution in [0.1, 0.15) is 67.6 Å². The highest BCUT2D eigenvalue weighted by Gasteiger charge is 2.17. The normalized spacial score (nSPS) is 16.8. The Bertz CT molecular complexity index is 419. The first kappa shape index (κ1) is 19.3. The van der Waals surface area contributed by atoms with Gasteiger partial charge in [0.05, 0.1) is 25.0 Å². The molecule has 1 aromatic rings. The monoisotopic (exact) mass is 332 g/mol. The molecular weight excluding hydrogens is 308 g/mol. The van der Waals surface area contributed by atoms with Crippen LogP contribution in [0.5, 0.6) is 0 Å². The molecule has 5 nitrogen and oxygen atoms in total. The molecule has 0 aromatic carbocycles. The summed E-state index contributed by atoms with van der Waals surface area (Å²) >= 11 is 0. The van der Waals surface area contributed by atoms with Crippen molar-refractivity contribution >= 4 is 0 Å². The van der Waals surface area contributed by atoms with Gasteiger partial charge in [0.1, 0.15) is 0 Å². The van der Waals surface area contributed by atoms with Crippen molar-refractivity contribution in [2.75, 3.05) is 0 Å². The second-order valence-electron chi connectivity index (χ2n) is 5.76. The van der Waals surface area contributed by atoms with E-state index >= 15 is 0 Å². The summed E-state index contributed by atoms with van der Waals surface area (Å²) in [6.45, 7) is 4.22. The van der Waals surface area contributed by atoms with Gasteiger partial charge in [-0.3, -0.25) is 0 Å². The van der Waals surface area contributed by atoms with Crippen molar-refractivity contribution in [2.24, 2.45) is 0 Å². The van der Waals surface area contributed by atoms with E-state index in [1.54, 1.807) is 0 Å². The van der Waals surface area contributed by atoms with Gasteiger partial charge in [0.15, 0.2) is 0 Å². The lowest BCUT2D eigenvalue weighted by atomic mass is 9.98. The van der Waals surface area contributed by atoms with Crippen LogP contribution in [-0.2, 0) is 12.8 Å². The molecule has 0 amide bonds. The second-order valence-corrected chi connectivity index (χ2v) is 6.52. The Morgan fingerprint density at radius 1 is 0.727 bits per heavy atom. The van der Waals surface area contributed by atoms with E-state index in [0.29, 0.717) is 0 Å². The molecule has 22 heavy (non-hydrogen) atoms. The number of hydrogen-bond donors (Lipinski definition) is 0. The third-order valence-electron chi connectivity index (χ3n) is 3.95. The van der Waals surface area contributed by atoms with Crippen molar-refractivity contribution in [1.29, 1.82) is 0 Å². The topological polar surface area (TPSA) is 104 Å².